The van der Waals surface area contributed by atoms with E-state index in [1.54, 1.807) is 31.2 Å². The topological polar surface area (TPSA) is 54.8 Å². The summed E-state index contributed by atoms with van der Waals surface area (Å²) in [6.45, 7) is 3.02. The highest BCUT2D eigenvalue weighted by atomic mass is 32.2. The first-order valence-corrected chi connectivity index (χ1v) is 11.7. The van der Waals surface area contributed by atoms with Gasteiger partial charge in [-0.2, -0.15) is 0 Å². The number of fused-ring (bicyclic) bond motifs is 3. The Bertz CT molecular complexity index is 1190. The molecule has 0 spiro atoms. The number of rotatable bonds is 4. The zero-order valence-electron chi connectivity index (χ0n) is 18.2. The van der Waals surface area contributed by atoms with Gasteiger partial charge in [-0.3, -0.25) is 19.3 Å². The third-order valence-corrected chi connectivity index (χ3v) is 7.35. The Hall–Kier alpha value is -3.03. The number of methoxy groups -OCH3 is 1. The Balaban J connectivity index is 1.74. The largest absolute Gasteiger partial charge is 0.383 e. The van der Waals surface area contributed by atoms with Crippen LogP contribution in [0.1, 0.15) is 38.8 Å². The molecule has 1 unspecified atom stereocenters. The minimum Gasteiger partial charge on any atom is -0.383 e. The summed E-state index contributed by atoms with van der Waals surface area (Å²) in [6, 6.07) is 18.4. The molecule has 1 atom stereocenters. The van der Waals surface area contributed by atoms with Gasteiger partial charge in [0.15, 0.2) is 5.43 Å². The van der Waals surface area contributed by atoms with Crippen molar-refractivity contribution >= 4 is 17.7 Å². The lowest BCUT2D eigenvalue weighted by atomic mass is 9.94. The summed E-state index contributed by atoms with van der Waals surface area (Å²) in [4.78, 5) is 28.8. The predicted octanol–water partition coefficient (Wildman–Crippen LogP) is 3.55. The second-order valence-corrected chi connectivity index (χ2v) is 9.09. The van der Waals surface area contributed by atoms with Gasteiger partial charge in [-0.05, 0) is 29.7 Å². The fraction of sp³-hybridized carbons (Fsp3) is 0.280. The number of carbonyl (C=O) groups is 1. The van der Waals surface area contributed by atoms with Crippen molar-refractivity contribution in [1.29, 1.82) is 0 Å². The molecule has 164 valence electrons. The van der Waals surface area contributed by atoms with Gasteiger partial charge < -0.3 is 9.64 Å². The van der Waals surface area contributed by atoms with Crippen molar-refractivity contribution in [2.24, 2.45) is 0 Å². The van der Waals surface area contributed by atoms with E-state index >= 15 is 0 Å². The van der Waals surface area contributed by atoms with Gasteiger partial charge >= 0.3 is 0 Å². The fourth-order valence-electron chi connectivity index (χ4n) is 4.55. The van der Waals surface area contributed by atoms with Crippen molar-refractivity contribution in [1.82, 2.24) is 9.58 Å². The summed E-state index contributed by atoms with van der Waals surface area (Å²) < 4.78 is 7.15. The number of nitrogens with zero attached hydrogens (tertiary/aromatic N) is 3. The number of pyridine rings is 1. The molecule has 1 amide bonds. The maximum atomic E-state index is 13.4. The number of hydrogen-bond acceptors (Lipinski definition) is 5. The van der Waals surface area contributed by atoms with Crippen LogP contribution in [-0.4, -0.2) is 42.4 Å². The number of carbonyl (C=O) groups excluding carboxylic acids is 1. The average molecular weight is 448 g/mol. The van der Waals surface area contributed by atoms with Gasteiger partial charge in [0.05, 0.1) is 12.6 Å². The van der Waals surface area contributed by atoms with Gasteiger partial charge in [-0.1, -0.05) is 42.5 Å². The number of benzene rings is 2. The van der Waals surface area contributed by atoms with E-state index in [1.807, 2.05) is 16.4 Å². The number of ether oxygens (including phenoxy) is 1. The molecule has 0 aliphatic carbocycles. The first kappa shape index (κ1) is 20.8. The molecule has 6 nitrogen and oxygen atoms in total. The van der Waals surface area contributed by atoms with Crippen molar-refractivity contribution in [2.75, 3.05) is 31.9 Å². The molecule has 0 N–H and O–H groups in total. The Morgan fingerprint density at radius 1 is 1.03 bits per heavy atom. The van der Waals surface area contributed by atoms with Crippen LogP contribution in [0.3, 0.4) is 0 Å². The first-order chi connectivity index (χ1) is 15.6. The number of amides is 1. The minimum atomic E-state index is -0.141. The Morgan fingerprint density at radius 2 is 1.78 bits per heavy atom. The molecule has 3 heterocycles. The molecule has 5 rings (SSSR count). The average Bonchev–Trinajstić information content (AvgIpc) is 2.98. The molecule has 0 fully saturated rings. The van der Waals surface area contributed by atoms with Crippen LogP contribution in [0.15, 0.2) is 70.5 Å². The molecule has 32 heavy (non-hydrogen) atoms. The molecule has 7 heteroatoms. The lowest BCUT2D eigenvalue weighted by Crippen LogP contribution is -2.56. The molecule has 3 aromatic rings. The maximum Gasteiger partial charge on any atom is 0.274 e. The molecule has 1 aromatic heterocycles. The summed E-state index contributed by atoms with van der Waals surface area (Å²) in [5, 5.41) is 2.20. The molecule has 2 aliphatic rings. The highest BCUT2D eigenvalue weighted by Crippen LogP contribution is 2.42. The number of aromatic nitrogens is 1. The SMILES string of the molecule is COCCN1CN(C2c3ccccc3CSc3ccccc32)n2ccc(=O)c(C)c2C1=O. The van der Waals surface area contributed by atoms with Crippen molar-refractivity contribution in [3.63, 3.8) is 0 Å². The van der Waals surface area contributed by atoms with Crippen molar-refractivity contribution in [2.45, 2.75) is 23.6 Å². The minimum absolute atomic E-state index is 0.101. The Morgan fingerprint density at radius 3 is 2.59 bits per heavy atom. The van der Waals surface area contributed by atoms with Crippen LogP contribution in [0.2, 0.25) is 0 Å². The van der Waals surface area contributed by atoms with Crippen molar-refractivity contribution in [3.05, 3.63) is 99.0 Å². The monoisotopic (exact) mass is 447 g/mol. The highest BCUT2D eigenvalue weighted by molar-refractivity contribution is 7.98. The first-order valence-electron chi connectivity index (χ1n) is 10.7. The van der Waals surface area contributed by atoms with Gasteiger partial charge in [0, 0.05) is 42.1 Å². The zero-order chi connectivity index (χ0) is 22.2. The van der Waals surface area contributed by atoms with E-state index in [0.29, 0.717) is 31.1 Å². The molecular formula is C25H25N3O3S. The van der Waals surface area contributed by atoms with E-state index in [2.05, 4.69) is 53.5 Å². The van der Waals surface area contributed by atoms with Crippen LogP contribution in [-0.2, 0) is 10.5 Å². The molecule has 0 saturated carbocycles. The van der Waals surface area contributed by atoms with Crippen LogP contribution < -0.4 is 10.4 Å². The van der Waals surface area contributed by atoms with Gasteiger partial charge in [-0.25, -0.2) is 0 Å². The van der Waals surface area contributed by atoms with Crippen LogP contribution in [0.25, 0.3) is 0 Å². The van der Waals surface area contributed by atoms with Crippen LogP contribution in [0, 0.1) is 6.92 Å². The second-order valence-electron chi connectivity index (χ2n) is 8.07. The summed E-state index contributed by atoms with van der Waals surface area (Å²) in [5.41, 5.74) is 4.45. The Kier molecular flexibility index (Phi) is 5.53. The molecule has 2 aromatic carbocycles. The van der Waals surface area contributed by atoms with Crippen molar-refractivity contribution < 1.29 is 9.53 Å². The van der Waals surface area contributed by atoms with Crippen molar-refractivity contribution in [3.8, 4) is 0 Å². The second kappa shape index (κ2) is 8.48. The van der Waals surface area contributed by atoms with Gasteiger partial charge in [0.25, 0.3) is 5.91 Å². The normalized spacial score (nSPS) is 17.4. The van der Waals surface area contributed by atoms with Gasteiger partial charge in [0.2, 0.25) is 0 Å². The van der Waals surface area contributed by atoms with E-state index in [0.717, 1.165) is 5.75 Å². The fourth-order valence-corrected chi connectivity index (χ4v) is 5.65. The Labute approximate surface area is 191 Å². The zero-order valence-corrected chi connectivity index (χ0v) is 19.0. The number of thioether (sulfide) groups is 1. The lowest BCUT2D eigenvalue weighted by molar-refractivity contribution is 0.0618. The van der Waals surface area contributed by atoms with Crippen LogP contribution >= 0.6 is 11.8 Å². The summed E-state index contributed by atoms with van der Waals surface area (Å²) in [6.07, 6.45) is 1.74. The third-order valence-electron chi connectivity index (χ3n) is 6.21. The maximum absolute atomic E-state index is 13.4. The number of hydrogen-bond donors (Lipinski definition) is 0. The summed E-state index contributed by atoms with van der Waals surface area (Å²) >= 11 is 1.84. The molecule has 0 radical (unpaired) electrons. The van der Waals surface area contributed by atoms with Gasteiger partial charge in [-0.15, -0.1) is 11.8 Å². The van der Waals surface area contributed by atoms with Crippen LogP contribution in [0.4, 0.5) is 0 Å². The van der Waals surface area contributed by atoms with Gasteiger partial charge in [0.1, 0.15) is 12.4 Å². The van der Waals surface area contributed by atoms with E-state index in [-0.39, 0.29) is 17.4 Å². The standard InChI is InChI=1S/C25H25N3O3S/c1-17-21(29)11-12-27-23(17)25(30)26(13-14-31-2)16-28(27)24-19-8-4-3-7-18(19)15-32-22-10-6-5-9-20(22)24/h3-12,24H,13-16H2,1-2H3. The molecule has 0 bridgehead atoms. The quantitative estimate of drug-likeness (QED) is 0.612. The van der Waals surface area contributed by atoms with Crippen LogP contribution in [0.5, 0.6) is 0 Å². The molecular weight excluding hydrogens is 422 g/mol. The van der Waals surface area contributed by atoms with E-state index in [9.17, 15) is 9.59 Å². The van der Waals surface area contributed by atoms with E-state index in [1.165, 1.54) is 21.6 Å². The summed E-state index contributed by atoms with van der Waals surface area (Å²) in [5.74, 6) is 0.748. The molecule has 2 aliphatic heterocycles. The van der Waals surface area contributed by atoms with E-state index in [4.69, 9.17) is 4.74 Å². The molecule has 0 saturated heterocycles. The third kappa shape index (κ3) is 3.42. The van der Waals surface area contributed by atoms with E-state index < -0.39 is 0 Å². The lowest BCUT2D eigenvalue weighted by Gasteiger charge is -2.44. The summed E-state index contributed by atoms with van der Waals surface area (Å²) in [7, 11) is 1.63. The predicted molar refractivity (Wildman–Crippen MR) is 126 cm³/mol. The smallest absolute Gasteiger partial charge is 0.274 e. The highest BCUT2D eigenvalue weighted by Gasteiger charge is 2.37.